The summed E-state index contributed by atoms with van der Waals surface area (Å²) in [5.74, 6) is -0.214. The topological polar surface area (TPSA) is 58.1 Å². The fourth-order valence-electron chi connectivity index (χ4n) is 1.50. The molecule has 1 unspecified atom stereocenters. The van der Waals surface area contributed by atoms with Crippen LogP contribution in [0.2, 0.25) is 4.47 Å². The lowest BCUT2D eigenvalue weighted by Crippen LogP contribution is -2.41. The summed E-state index contributed by atoms with van der Waals surface area (Å²) in [5, 5.41) is 10.5. The highest BCUT2D eigenvalue weighted by Gasteiger charge is 2.15. The minimum absolute atomic E-state index is 0.0741. The Morgan fingerprint density at radius 1 is 1.47 bits per heavy atom. The molecule has 0 fully saturated rings. The van der Waals surface area contributed by atoms with Crippen molar-refractivity contribution in [2.45, 2.75) is 26.8 Å². The summed E-state index contributed by atoms with van der Waals surface area (Å²) in [6.45, 7) is 8.94. The molecule has 1 N–H and O–H groups in total. The summed E-state index contributed by atoms with van der Waals surface area (Å²) in [4.78, 5) is 14.0. The number of carbonyl (C=O) groups is 1. The van der Waals surface area contributed by atoms with Gasteiger partial charge in [-0.25, -0.2) is 0 Å². The number of nitrogens with one attached hydrogen (secondary N) is 1. The summed E-state index contributed by atoms with van der Waals surface area (Å²) in [6, 6.07) is 0.0741. The van der Waals surface area contributed by atoms with Crippen LogP contribution in [0.3, 0.4) is 0 Å². The maximum Gasteiger partial charge on any atom is 0.282 e. The molecule has 1 aromatic rings. The summed E-state index contributed by atoms with van der Waals surface area (Å²) in [6.07, 6.45) is 0. The number of aromatic nitrogens is 2. The van der Waals surface area contributed by atoms with Crippen molar-refractivity contribution in [3.8, 4) is 0 Å². The van der Waals surface area contributed by atoms with Crippen LogP contribution in [0.15, 0.2) is 0 Å². The average Bonchev–Trinajstić information content (AvgIpc) is 2.72. The van der Waals surface area contributed by atoms with Gasteiger partial charge in [0.1, 0.15) is 0 Å². The SMILES string of the molecule is CCN(CC)CC(C)NC(=O)c1nnc(Cl)s1. The van der Waals surface area contributed by atoms with E-state index in [9.17, 15) is 4.79 Å². The molecule has 0 aliphatic heterocycles. The number of nitrogens with zero attached hydrogens (tertiary/aromatic N) is 3. The van der Waals surface area contributed by atoms with Crippen molar-refractivity contribution in [3.05, 3.63) is 9.47 Å². The van der Waals surface area contributed by atoms with Crippen LogP contribution >= 0.6 is 22.9 Å². The molecule has 1 amide bonds. The zero-order chi connectivity index (χ0) is 12.8. The van der Waals surface area contributed by atoms with Crippen LogP contribution in [0, 0.1) is 0 Å². The van der Waals surface area contributed by atoms with Crippen molar-refractivity contribution in [2.75, 3.05) is 19.6 Å². The lowest BCUT2D eigenvalue weighted by molar-refractivity contribution is 0.0929. The van der Waals surface area contributed by atoms with Crippen LogP contribution in [-0.4, -0.2) is 46.7 Å². The van der Waals surface area contributed by atoms with E-state index in [1.165, 1.54) is 0 Å². The van der Waals surface area contributed by atoms with Gasteiger partial charge >= 0.3 is 0 Å². The minimum Gasteiger partial charge on any atom is -0.346 e. The molecule has 0 saturated carbocycles. The second kappa shape index (κ2) is 6.88. The molecular formula is C10H17ClN4OS. The van der Waals surface area contributed by atoms with Crippen LogP contribution in [0.25, 0.3) is 0 Å². The fourth-order valence-corrected chi connectivity index (χ4v) is 2.23. The smallest absolute Gasteiger partial charge is 0.282 e. The fraction of sp³-hybridized carbons (Fsp3) is 0.700. The Kier molecular flexibility index (Phi) is 5.80. The molecule has 0 bridgehead atoms. The highest BCUT2D eigenvalue weighted by molar-refractivity contribution is 7.17. The van der Waals surface area contributed by atoms with E-state index in [-0.39, 0.29) is 16.4 Å². The number of carbonyl (C=O) groups excluding carboxylic acids is 1. The minimum atomic E-state index is -0.214. The van der Waals surface area contributed by atoms with Gasteiger partial charge in [0.2, 0.25) is 9.47 Å². The maximum absolute atomic E-state index is 11.7. The number of rotatable bonds is 6. The van der Waals surface area contributed by atoms with E-state index in [1.807, 2.05) is 6.92 Å². The third-order valence-corrected chi connectivity index (χ3v) is 3.42. The van der Waals surface area contributed by atoms with Crippen LogP contribution in [-0.2, 0) is 0 Å². The van der Waals surface area contributed by atoms with Crippen LogP contribution in [0.4, 0.5) is 0 Å². The molecule has 0 aliphatic carbocycles. The van der Waals surface area contributed by atoms with Crippen LogP contribution in [0.1, 0.15) is 30.6 Å². The molecule has 0 radical (unpaired) electrons. The van der Waals surface area contributed by atoms with E-state index >= 15 is 0 Å². The van der Waals surface area contributed by atoms with Crippen molar-refractivity contribution >= 4 is 28.8 Å². The Bertz CT molecular complexity index is 367. The molecule has 0 saturated heterocycles. The van der Waals surface area contributed by atoms with Crippen molar-refractivity contribution in [1.29, 1.82) is 0 Å². The van der Waals surface area contributed by atoms with Gasteiger partial charge in [0.15, 0.2) is 0 Å². The third kappa shape index (κ3) is 4.57. The Labute approximate surface area is 110 Å². The second-order valence-electron chi connectivity index (χ2n) is 3.72. The van der Waals surface area contributed by atoms with Gasteiger partial charge in [0.05, 0.1) is 0 Å². The zero-order valence-corrected chi connectivity index (χ0v) is 11.8. The highest BCUT2D eigenvalue weighted by atomic mass is 35.5. The number of likely N-dealkylation sites (N-methyl/N-ethyl adjacent to an activating group) is 1. The largest absolute Gasteiger partial charge is 0.346 e. The number of hydrogen-bond donors (Lipinski definition) is 1. The molecule has 17 heavy (non-hydrogen) atoms. The van der Waals surface area contributed by atoms with Gasteiger partial charge in [-0.1, -0.05) is 25.2 Å². The normalized spacial score (nSPS) is 12.8. The van der Waals surface area contributed by atoms with Crippen LogP contribution in [0.5, 0.6) is 0 Å². The van der Waals surface area contributed by atoms with E-state index in [1.54, 1.807) is 0 Å². The van der Waals surface area contributed by atoms with Crippen molar-refractivity contribution in [1.82, 2.24) is 20.4 Å². The van der Waals surface area contributed by atoms with Crippen LogP contribution < -0.4 is 5.32 Å². The quantitative estimate of drug-likeness (QED) is 0.858. The van der Waals surface area contributed by atoms with Gasteiger partial charge in [0, 0.05) is 12.6 Å². The summed E-state index contributed by atoms with van der Waals surface area (Å²) < 4.78 is 0.284. The van der Waals surface area contributed by atoms with E-state index in [0.29, 0.717) is 5.01 Å². The van der Waals surface area contributed by atoms with E-state index < -0.39 is 0 Å². The monoisotopic (exact) mass is 276 g/mol. The molecule has 0 aliphatic rings. The zero-order valence-electron chi connectivity index (χ0n) is 10.2. The number of amides is 1. The van der Waals surface area contributed by atoms with Gasteiger partial charge in [-0.15, -0.1) is 10.2 Å². The molecule has 0 spiro atoms. The van der Waals surface area contributed by atoms with Gasteiger partial charge in [0.25, 0.3) is 5.91 Å². The molecule has 5 nitrogen and oxygen atoms in total. The maximum atomic E-state index is 11.7. The summed E-state index contributed by atoms with van der Waals surface area (Å²) in [5.41, 5.74) is 0. The average molecular weight is 277 g/mol. The third-order valence-electron chi connectivity index (χ3n) is 2.40. The van der Waals surface area contributed by atoms with E-state index in [2.05, 4.69) is 34.3 Å². The first-order valence-corrected chi connectivity index (χ1v) is 6.78. The lowest BCUT2D eigenvalue weighted by atomic mass is 10.3. The molecule has 1 heterocycles. The molecule has 1 aromatic heterocycles. The number of halogens is 1. The van der Waals surface area contributed by atoms with E-state index in [0.717, 1.165) is 31.0 Å². The second-order valence-corrected chi connectivity index (χ2v) is 5.28. The first-order valence-electron chi connectivity index (χ1n) is 5.59. The predicted molar refractivity (Wildman–Crippen MR) is 69.6 cm³/mol. The highest BCUT2D eigenvalue weighted by Crippen LogP contribution is 2.14. The Hall–Kier alpha value is -0.720. The molecule has 1 rings (SSSR count). The Morgan fingerprint density at radius 3 is 2.59 bits per heavy atom. The van der Waals surface area contributed by atoms with Gasteiger partial charge in [-0.2, -0.15) is 0 Å². The standard InChI is InChI=1S/C10H17ClN4OS/c1-4-15(5-2)6-7(3)12-8(16)9-13-14-10(11)17-9/h7H,4-6H2,1-3H3,(H,12,16). The van der Waals surface area contributed by atoms with E-state index in [4.69, 9.17) is 11.6 Å². The molecule has 7 heteroatoms. The lowest BCUT2D eigenvalue weighted by Gasteiger charge is -2.22. The molecule has 1 atom stereocenters. The first kappa shape index (κ1) is 14.3. The van der Waals surface area contributed by atoms with Crippen molar-refractivity contribution in [3.63, 3.8) is 0 Å². The Morgan fingerprint density at radius 2 is 2.12 bits per heavy atom. The molecule has 96 valence electrons. The van der Waals surface area contributed by atoms with Gasteiger partial charge < -0.3 is 10.2 Å². The summed E-state index contributed by atoms with van der Waals surface area (Å²) in [7, 11) is 0. The van der Waals surface area contributed by atoms with Gasteiger partial charge in [-0.05, 0) is 31.6 Å². The van der Waals surface area contributed by atoms with Crippen molar-refractivity contribution in [2.24, 2.45) is 0 Å². The predicted octanol–water partition coefficient (Wildman–Crippen LogP) is 1.65. The first-order chi connectivity index (χ1) is 8.06. The Balaban J connectivity index is 2.45. The number of hydrogen-bond acceptors (Lipinski definition) is 5. The van der Waals surface area contributed by atoms with Crippen molar-refractivity contribution < 1.29 is 4.79 Å². The molecular weight excluding hydrogens is 260 g/mol. The molecule has 0 aromatic carbocycles. The van der Waals surface area contributed by atoms with Gasteiger partial charge in [-0.3, -0.25) is 4.79 Å². The summed E-state index contributed by atoms with van der Waals surface area (Å²) >= 11 is 6.71.